The molecular weight excluding hydrogens is 236 g/mol. The molecule has 0 aromatic carbocycles. The lowest BCUT2D eigenvalue weighted by atomic mass is 10.1. The van der Waals surface area contributed by atoms with Crippen LogP contribution in [0.1, 0.15) is 16.9 Å². The van der Waals surface area contributed by atoms with E-state index >= 15 is 0 Å². The monoisotopic (exact) mass is 252 g/mol. The zero-order valence-electron chi connectivity index (χ0n) is 9.77. The maximum atomic E-state index is 11.3. The number of nitrogens with one attached hydrogen (secondary N) is 2. The number of rotatable bonds is 4. The van der Waals surface area contributed by atoms with E-state index in [-0.39, 0.29) is 5.91 Å². The molecule has 2 N–H and O–H groups in total. The van der Waals surface area contributed by atoms with E-state index in [1.54, 1.807) is 19.2 Å². The van der Waals surface area contributed by atoms with Crippen LogP contribution in [-0.2, 0) is 0 Å². The molecule has 1 atom stereocenters. The molecule has 1 aliphatic heterocycles. The van der Waals surface area contributed by atoms with E-state index < -0.39 is 0 Å². The molecule has 1 unspecified atom stereocenters. The number of anilines is 1. The number of carbonyl (C=O) groups excluding carboxylic acids is 1. The molecule has 6 heteroatoms. The standard InChI is InChI=1S/C11H16N4OS/c1-12-11(16)9-2-3-10(15-14-9)13-6-8-4-5-17-7-8/h2-3,8H,4-7H2,1H3,(H,12,16)(H,13,15). The zero-order chi connectivity index (χ0) is 12.1. The summed E-state index contributed by atoms with van der Waals surface area (Å²) in [5.41, 5.74) is 0.342. The summed E-state index contributed by atoms with van der Waals surface area (Å²) in [6, 6.07) is 3.47. The van der Waals surface area contributed by atoms with Gasteiger partial charge in [0.25, 0.3) is 5.91 Å². The van der Waals surface area contributed by atoms with Crippen LogP contribution in [0.4, 0.5) is 5.82 Å². The molecule has 1 aliphatic rings. The summed E-state index contributed by atoms with van der Waals surface area (Å²) in [6.45, 7) is 0.932. The van der Waals surface area contributed by atoms with E-state index in [1.165, 1.54) is 17.9 Å². The Balaban J connectivity index is 1.87. The van der Waals surface area contributed by atoms with Crippen molar-refractivity contribution in [3.8, 4) is 0 Å². The van der Waals surface area contributed by atoms with Crippen LogP contribution >= 0.6 is 11.8 Å². The summed E-state index contributed by atoms with van der Waals surface area (Å²) in [7, 11) is 1.58. The van der Waals surface area contributed by atoms with Crippen LogP contribution in [0, 0.1) is 5.92 Å². The fraction of sp³-hybridized carbons (Fsp3) is 0.545. The van der Waals surface area contributed by atoms with E-state index in [2.05, 4.69) is 20.8 Å². The third-order valence-electron chi connectivity index (χ3n) is 2.72. The number of hydrogen-bond acceptors (Lipinski definition) is 5. The number of amides is 1. The van der Waals surface area contributed by atoms with Gasteiger partial charge in [0.2, 0.25) is 0 Å². The minimum atomic E-state index is -0.212. The van der Waals surface area contributed by atoms with Crippen molar-refractivity contribution in [2.45, 2.75) is 6.42 Å². The van der Waals surface area contributed by atoms with Crippen molar-refractivity contribution in [2.75, 3.05) is 30.4 Å². The predicted molar refractivity (Wildman–Crippen MR) is 69.3 cm³/mol. The SMILES string of the molecule is CNC(=O)c1ccc(NCC2CCSC2)nn1. The van der Waals surface area contributed by atoms with Gasteiger partial charge in [-0.15, -0.1) is 10.2 Å². The van der Waals surface area contributed by atoms with E-state index in [0.29, 0.717) is 5.69 Å². The van der Waals surface area contributed by atoms with Gasteiger partial charge in [-0.05, 0) is 36.0 Å². The third kappa shape index (κ3) is 3.33. The second kappa shape index (κ2) is 5.86. The molecule has 1 fully saturated rings. The molecule has 1 aromatic rings. The first-order valence-corrected chi connectivity index (χ1v) is 6.82. The predicted octanol–water partition coefficient (Wildman–Crippen LogP) is 1.00. The third-order valence-corrected chi connectivity index (χ3v) is 3.95. The topological polar surface area (TPSA) is 66.9 Å². The maximum Gasteiger partial charge on any atom is 0.271 e. The van der Waals surface area contributed by atoms with Gasteiger partial charge in [-0.1, -0.05) is 0 Å². The number of aromatic nitrogens is 2. The molecule has 0 spiro atoms. The summed E-state index contributed by atoms with van der Waals surface area (Å²) in [5, 5.41) is 13.6. The van der Waals surface area contributed by atoms with Crippen LogP contribution in [0.3, 0.4) is 0 Å². The molecule has 0 saturated carbocycles. The molecule has 1 aromatic heterocycles. The molecular formula is C11H16N4OS. The number of carbonyl (C=O) groups is 1. The van der Waals surface area contributed by atoms with Crippen LogP contribution in [0.15, 0.2) is 12.1 Å². The second-order valence-electron chi connectivity index (χ2n) is 3.99. The highest BCUT2D eigenvalue weighted by Crippen LogP contribution is 2.23. The second-order valence-corrected chi connectivity index (χ2v) is 5.14. The maximum absolute atomic E-state index is 11.3. The Labute approximate surface area is 105 Å². The van der Waals surface area contributed by atoms with Gasteiger partial charge in [0.05, 0.1) is 0 Å². The van der Waals surface area contributed by atoms with E-state index in [1.807, 2.05) is 11.8 Å². The van der Waals surface area contributed by atoms with Crippen LogP contribution in [0.25, 0.3) is 0 Å². The number of thioether (sulfide) groups is 1. The summed E-state index contributed by atoms with van der Waals surface area (Å²) >= 11 is 2.00. The van der Waals surface area contributed by atoms with Crippen molar-refractivity contribution in [1.82, 2.24) is 15.5 Å². The summed E-state index contributed by atoms with van der Waals surface area (Å²) < 4.78 is 0. The Hall–Kier alpha value is -1.30. The fourth-order valence-corrected chi connectivity index (χ4v) is 2.95. The molecule has 0 aliphatic carbocycles. The largest absolute Gasteiger partial charge is 0.368 e. The first kappa shape index (κ1) is 12.2. The van der Waals surface area contributed by atoms with Gasteiger partial charge in [0, 0.05) is 13.6 Å². The first-order chi connectivity index (χ1) is 8.29. The lowest BCUT2D eigenvalue weighted by Gasteiger charge is -2.09. The van der Waals surface area contributed by atoms with Crippen LogP contribution in [-0.4, -0.2) is 41.2 Å². The van der Waals surface area contributed by atoms with Crippen LogP contribution in [0.2, 0.25) is 0 Å². The highest BCUT2D eigenvalue weighted by atomic mass is 32.2. The Morgan fingerprint density at radius 2 is 2.41 bits per heavy atom. The molecule has 5 nitrogen and oxygen atoms in total. The quantitative estimate of drug-likeness (QED) is 0.837. The average Bonchev–Trinajstić information content (AvgIpc) is 2.89. The lowest BCUT2D eigenvalue weighted by molar-refractivity contribution is 0.0957. The molecule has 1 saturated heterocycles. The summed E-state index contributed by atoms with van der Waals surface area (Å²) in [5.74, 6) is 3.72. The van der Waals surface area contributed by atoms with Gasteiger partial charge in [0.15, 0.2) is 5.69 Å². The van der Waals surface area contributed by atoms with Crippen molar-refractivity contribution < 1.29 is 4.79 Å². The van der Waals surface area contributed by atoms with Crippen molar-refractivity contribution in [3.63, 3.8) is 0 Å². The van der Waals surface area contributed by atoms with Crippen LogP contribution < -0.4 is 10.6 Å². The molecule has 2 heterocycles. The van der Waals surface area contributed by atoms with Crippen molar-refractivity contribution >= 4 is 23.5 Å². The average molecular weight is 252 g/mol. The van der Waals surface area contributed by atoms with Gasteiger partial charge in [-0.25, -0.2) is 0 Å². The minimum Gasteiger partial charge on any atom is -0.368 e. The molecule has 0 bridgehead atoms. The Kier molecular flexibility index (Phi) is 4.19. The number of nitrogens with zero attached hydrogens (tertiary/aromatic N) is 2. The molecule has 2 rings (SSSR count). The van der Waals surface area contributed by atoms with Gasteiger partial charge in [-0.3, -0.25) is 4.79 Å². The molecule has 17 heavy (non-hydrogen) atoms. The van der Waals surface area contributed by atoms with E-state index in [4.69, 9.17) is 0 Å². The lowest BCUT2D eigenvalue weighted by Crippen LogP contribution is -2.20. The minimum absolute atomic E-state index is 0.212. The zero-order valence-corrected chi connectivity index (χ0v) is 10.6. The smallest absolute Gasteiger partial charge is 0.271 e. The fourth-order valence-electron chi connectivity index (χ4n) is 1.67. The summed E-state index contributed by atoms with van der Waals surface area (Å²) in [4.78, 5) is 11.3. The van der Waals surface area contributed by atoms with Gasteiger partial charge >= 0.3 is 0 Å². The van der Waals surface area contributed by atoms with Crippen molar-refractivity contribution in [3.05, 3.63) is 17.8 Å². The van der Waals surface area contributed by atoms with Crippen LogP contribution in [0.5, 0.6) is 0 Å². The Morgan fingerprint density at radius 3 is 3.00 bits per heavy atom. The molecule has 0 radical (unpaired) electrons. The Bertz CT molecular complexity index is 376. The van der Waals surface area contributed by atoms with Crippen molar-refractivity contribution in [1.29, 1.82) is 0 Å². The van der Waals surface area contributed by atoms with Gasteiger partial charge < -0.3 is 10.6 Å². The number of hydrogen-bond donors (Lipinski definition) is 2. The highest BCUT2D eigenvalue weighted by molar-refractivity contribution is 7.99. The molecule has 1 amide bonds. The highest BCUT2D eigenvalue weighted by Gasteiger charge is 2.15. The first-order valence-electron chi connectivity index (χ1n) is 5.67. The van der Waals surface area contributed by atoms with Crippen molar-refractivity contribution in [2.24, 2.45) is 5.92 Å². The van der Waals surface area contributed by atoms with E-state index in [9.17, 15) is 4.79 Å². The molecule has 92 valence electrons. The van der Waals surface area contributed by atoms with E-state index in [0.717, 1.165) is 18.3 Å². The summed E-state index contributed by atoms with van der Waals surface area (Å²) in [6.07, 6.45) is 1.27. The van der Waals surface area contributed by atoms with Gasteiger partial charge in [0.1, 0.15) is 5.82 Å². The normalized spacial score (nSPS) is 19.0. The Morgan fingerprint density at radius 1 is 1.53 bits per heavy atom. The van der Waals surface area contributed by atoms with Gasteiger partial charge in [-0.2, -0.15) is 11.8 Å².